The van der Waals surface area contributed by atoms with Crippen LogP contribution in [0.3, 0.4) is 0 Å². The Morgan fingerprint density at radius 2 is 2.26 bits per heavy atom. The fourth-order valence-corrected chi connectivity index (χ4v) is 1.60. The first-order chi connectivity index (χ1) is 9.02. The van der Waals surface area contributed by atoms with Crippen molar-refractivity contribution in [3.63, 3.8) is 0 Å². The molecule has 0 aliphatic carbocycles. The lowest BCUT2D eigenvalue weighted by atomic mass is 10.2. The maximum absolute atomic E-state index is 8.60. The number of hydrogen-bond acceptors (Lipinski definition) is 3. The maximum Gasteiger partial charge on any atom is 0.207 e. The van der Waals surface area contributed by atoms with E-state index in [0.29, 0.717) is 24.1 Å². The predicted molar refractivity (Wildman–Crippen MR) is 78.2 cm³/mol. The van der Waals surface area contributed by atoms with Crippen molar-refractivity contribution in [1.82, 2.24) is 9.88 Å². The number of nitrogens with zero attached hydrogens (tertiary/aromatic N) is 4. The maximum atomic E-state index is 8.60. The number of nitriles is 1. The number of aromatic nitrogens is 1. The molecule has 0 atom stereocenters. The molecule has 0 bridgehead atoms. The van der Waals surface area contributed by atoms with Crippen molar-refractivity contribution < 1.29 is 0 Å². The van der Waals surface area contributed by atoms with Gasteiger partial charge in [-0.1, -0.05) is 40.9 Å². The van der Waals surface area contributed by atoms with E-state index in [1.54, 1.807) is 31.5 Å². The van der Waals surface area contributed by atoms with Gasteiger partial charge in [-0.05, 0) is 24.6 Å². The number of amidine groups is 1. The molecule has 0 aliphatic rings. The SMILES string of the molecule is C/C(=N\C#N)N(CC=C(Cl)Cl)Cc1ccc(Cl)nc1. The van der Waals surface area contributed by atoms with Crippen molar-refractivity contribution in [3.8, 4) is 6.19 Å². The first-order valence-electron chi connectivity index (χ1n) is 5.33. The van der Waals surface area contributed by atoms with Crippen molar-refractivity contribution in [3.05, 3.63) is 39.6 Å². The van der Waals surface area contributed by atoms with Crippen LogP contribution in [-0.4, -0.2) is 22.3 Å². The van der Waals surface area contributed by atoms with Crippen LogP contribution in [0, 0.1) is 11.5 Å². The summed E-state index contributed by atoms with van der Waals surface area (Å²) in [6, 6.07) is 3.56. The third kappa shape index (κ3) is 5.93. The van der Waals surface area contributed by atoms with Gasteiger partial charge in [0.15, 0.2) is 0 Å². The zero-order valence-electron chi connectivity index (χ0n) is 10.1. The molecule has 100 valence electrons. The molecule has 0 amide bonds. The molecule has 1 rings (SSSR count). The molecule has 19 heavy (non-hydrogen) atoms. The third-order valence-electron chi connectivity index (χ3n) is 2.30. The summed E-state index contributed by atoms with van der Waals surface area (Å²) in [6.45, 7) is 2.71. The Bertz CT molecular complexity index is 513. The minimum atomic E-state index is 0.170. The van der Waals surface area contributed by atoms with Crippen LogP contribution in [0.5, 0.6) is 0 Å². The van der Waals surface area contributed by atoms with Crippen LogP contribution >= 0.6 is 34.8 Å². The molecule has 0 spiro atoms. The van der Waals surface area contributed by atoms with Gasteiger partial charge in [-0.2, -0.15) is 10.3 Å². The molecular weight excluding hydrogens is 307 g/mol. The average molecular weight is 318 g/mol. The highest BCUT2D eigenvalue weighted by atomic mass is 35.5. The zero-order valence-corrected chi connectivity index (χ0v) is 12.4. The highest BCUT2D eigenvalue weighted by molar-refractivity contribution is 6.55. The highest BCUT2D eigenvalue weighted by Gasteiger charge is 2.07. The van der Waals surface area contributed by atoms with Crippen LogP contribution in [0.2, 0.25) is 5.15 Å². The molecule has 0 saturated heterocycles. The molecular formula is C12H11Cl3N4. The fourth-order valence-electron chi connectivity index (χ4n) is 1.35. The van der Waals surface area contributed by atoms with E-state index < -0.39 is 0 Å². The van der Waals surface area contributed by atoms with E-state index >= 15 is 0 Å². The Morgan fingerprint density at radius 1 is 1.53 bits per heavy atom. The molecule has 0 radical (unpaired) electrons. The molecule has 0 fully saturated rings. The minimum absolute atomic E-state index is 0.170. The van der Waals surface area contributed by atoms with Crippen LogP contribution in [0.15, 0.2) is 33.9 Å². The van der Waals surface area contributed by atoms with E-state index in [1.165, 1.54) is 0 Å². The molecule has 0 aromatic carbocycles. The van der Waals surface area contributed by atoms with Gasteiger partial charge in [-0.15, -0.1) is 0 Å². The van der Waals surface area contributed by atoms with Gasteiger partial charge in [0.25, 0.3) is 0 Å². The highest BCUT2D eigenvalue weighted by Crippen LogP contribution is 2.11. The van der Waals surface area contributed by atoms with Crippen LogP contribution in [0.4, 0.5) is 0 Å². The number of halogens is 3. The minimum Gasteiger partial charge on any atom is -0.351 e. The zero-order chi connectivity index (χ0) is 14.3. The Balaban J connectivity index is 2.85. The van der Waals surface area contributed by atoms with Crippen LogP contribution in [0.1, 0.15) is 12.5 Å². The van der Waals surface area contributed by atoms with E-state index in [1.807, 2.05) is 11.0 Å². The number of rotatable bonds is 4. The van der Waals surface area contributed by atoms with Gasteiger partial charge in [-0.3, -0.25) is 0 Å². The van der Waals surface area contributed by atoms with Crippen molar-refractivity contribution in [2.24, 2.45) is 4.99 Å². The molecule has 0 aliphatic heterocycles. The number of aliphatic imine (C=N–C) groups is 1. The summed E-state index contributed by atoms with van der Waals surface area (Å²) in [5, 5.41) is 9.04. The van der Waals surface area contributed by atoms with Crippen molar-refractivity contribution in [2.75, 3.05) is 6.54 Å². The van der Waals surface area contributed by atoms with E-state index in [-0.39, 0.29) is 4.49 Å². The second-order valence-electron chi connectivity index (χ2n) is 3.62. The molecule has 0 N–H and O–H groups in total. The molecule has 1 aromatic rings. The lowest BCUT2D eigenvalue weighted by Gasteiger charge is -2.21. The Hall–Kier alpha value is -1.28. The first kappa shape index (κ1) is 15.8. The largest absolute Gasteiger partial charge is 0.351 e. The standard InChI is InChI=1S/C12H11Cl3N4/c1-9(18-8-16)19(5-4-11(13)14)7-10-2-3-12(15)17-6-10/h2-4,6H,5,7H2,1H3/b18-9+. The van der Waals surface area contributed by atoms with E-state index in [0.717, 1.165) is 5.56 Å². The second kappa shape index (κ2) is 8.00. The van der Waals surface area contributed by atoms with Crippen molar-refractivity contribution >= 4 is 40.6 Å². The Kier molecular flexibility index (Phi) is 6.65. The van der Waals surface area contributed by atoms with Gasteiger partial charge in [-0.25, -0.2) is 4.98 Å². The van der Waals surface area contributed by atoms with Gasteiger partial charge >= 0.3 is 0 Å². The molecule has 0 saturated carbocycles. The van der Waals surface area contributed by atoms with Crippen molar-refractivity contribution in [1.29, 1.82) is 5.26 Å². The third-order valence-corrected chi connectivity index (χ3v) is 2.83. The second-order valence-corrected chi connectivity index (χ2v) is 5.02. The van der Waals surface area contributed by atoms with Crippen LogP contribution in [-0.2, 0) is 6.54 Å². The van der Waals surface area contributed by atoms with Crippen molar-refractivity contribution in [2.45, 2.75) is 13.5 Å². The summed E-state index contributed by atoms with van der Waals surface area (Å²) in [5.41, 5.74) is 0.941. The summed E-state index contributed by atoms with van der Waals surface area (Å²) in [4.78, 5) is 9.55. The van der Waals surface area contributed by atoms with Crippen LogP contribution in [0.25, 0.3) is 0 Å². The average Bonchev–Trinajstić information content (AvgIpc) is 2.36. The molecule has 1 aromatic heterocycles. The van der Waals surface area contributed by atoms with Gasteiger partial charge < -0.3 is 4.90 Å². The lowest BCUT2D eigenvalue weighted by molar-refractivity contribution is 0.453. The van der Waals surface area contributed by atoms with E-state index in [9.17, 15) is 0 Å². The van der Waals surface area contributed by atoms with E-state index in [4.69, 9.17) is 40.1 Å². The monoisotopic (exact) mass is 316 g/mol. The summed E-state index contributed by atoms with van der Waals surface area (Å²) >= 11 is 16.9. The molecule has 4 nitrogen and oxygen atoms in total. The first-order valence-corrected chi connectivity index (χ1v) is 6.46. The summed E-state index contributed by atoms with van der Waals surface area (Å²) < 4.78 is 0.170. The summed E-state index contributed by atoms with van der Waals surface area (Å²) in [6.07, 6.45) is 5.05. The van der Waals surface area contributed by atoms with Gasteiger partial charge in [0.1, 0.15) is 15.5 Å². The topological polar surface area (TPSA) is 52.3 Å². The predicted octanol–water partition coefficient (Wildman–Crippen LogP) is 3.76. The summed E-state index contributed by atoms with van der Waals surface area (Å²) in [5.74, 6) is 0.572. The quantitative estimate of drug-likeness (QED) is 0.368. The number of pyridine rings is 1. The fraction of sp³-hybridized carbons (Fsp3) is 0.250. The number of hydrogen-bond donors (Lipinski definition) is 0. The van der Waals surface area contributed by atoms with Gasteiger partial charge in [0.05, 0.1) is 0 Å². The Morgan fingerprint density at radius 3 is 2.79 bits per heavy atom. The summed E-state index contributed by atoms with van der Waals surface area (Å²) in [7, 11) is 0. The molecule has 1 heterocycles. The van der Waals surface area contributed by atoms with Gasteiger partial charge in [0, 0.05) is 19.3 Å². The smallest absolute Gasteiger partial charge is 0.207 e. The lowest BCUT2D eigenvalue weighted by Crippen LogP contribution is -2.28. The van der Waals surface area contributed by atoms with Crippen LogP contribution < -0.4 is 0 Å². The normalized spacial score (nSPS) is 10.8. The Labute approximate surface area is 126 Å². The van der Waals surface area contributed by atoms with Gasteiger partial charge in [0.2, 0.25) is 6.19 Å². The van der Waals surface area contributed by atoms with E-state index in [2.05, 4.69) is 9.98 Å². The molecule has 0 unspecified atom stereocenters. The molecule has 7 heteroatoms.